The molecule has 1 saturated heterocycles. The first-order chi connectivity index (χ1) is 17.0. The fraction of sp³-hybridized carbons (Fsp3) is 0.370. The summed E-state index contributed by atoms with van der Waals surface area (Å²) in [5, 5.41) is 11.2. The molecule has 4 rings (SSSR count). The second kappa shape index (κ2) is 11.6. The van der Waals surface area contributed by atoms with Gasteiger partial charge in [0, 0.05) is 24.3 Å². The molecule has 2 heterocycles. The lowest BCUT2D eigenvalue weighted by Gasteiger charge is -2.26. The molecule has 0 unspecified atom stereocenters. The Morgan fingerprint density at radius 3 is 2.14 bits per heavy atom. The van der Waals surface area contributed by atoms with E-state index in [0.29, 0.717) is 17.3 Å². The van der Waals surface area contributed by atoms with E-state index in [-0.39, 0.29) is 17.0 Å². The standard InChI is InChI=1S/C16H20N6O.C11H15NO/c1-11-6-5-7-12(10-11)18-15-13(14(17)23)20-21-16(19-15)22-8-3-2-4-9-22;1-11(2,3)9-6-4-8(5-7-9)10(12)13/h5-7,10H,2-4,8-9H2,1H3,(H2,17,23)(H,18,19,21);4-7H,1-3H3,(H2,12,13). The topological polar surface area (TPSA) is 140 Å². The van der Waals surface area contributed by atoms with E-state index in [1.165, 1.54) is 12.0 Å². The molecule has 0 radical (unpaired) electrons. The van der Waals surface area contributed by atoms with Crippen molar-refractivity contribution in [2.24, 2.45) is 11.5 Å². The number of nitrogens with one attached hydrogen (secondary N) is 1. The largest absolute Gasteiger partial charge is 0.366 e. The zero-order valence-corrected chi connectivity index (χ0v) is 21.4. The molecule has 3 aromatic rings. The van der Waals surface area contributed by atoms with Crippen molar-refractivity contribution in [3.05, 3.63) is 70.9 Å². The number of hydrogen-bond donors (Lipinski definition) is 3. The summed E-state index contributed by atoms with van der Waals surface area (Å²) in [5.74, 6) is -0.144. The van der Waals surface area contributed by atoms with Crippen LogP contribution in [-0.2, 0) is 5.41 Å². The van der Waals surface area contributed by atoms with Crippen molar-refractivity contribution in [3.63, 3.8) is 0 Å². The number of hydrogen-bond acceptors (Lipinski definition) is 7. The molecule has 5 N–H and O–H groups in total. The van der Waals surface area contributed by atoms with E-state index < -0.39 is 5.91 Å². The maximum atomic E-state index is 11.6. The summed E-state index contributed by atoms with van der Waals surface area (Å²) in [5.41, 5.74) is 14.4. The van der Waals surface area contributed by atoms with Gasteiger partial charge in [-0.05, 0) is 67.0 Å². The summed E-state index contributed by atoms with van der Waals surface area (Å²) in [6, 6.07) is 15.2. The van der Waals surface area contributed by atoms with Crippen LogP contribution in [0, 0.1) is 6.92 Å². The molecule has 0 spiro atoms. The molecule has 1 aliphatic rings. The Morgan fingerprint density at radius 2 is 1.58 bits per heavy atom. The molecule has 0 aliphatic carbocycles. The van der Waals surface area contributed by atoms with E-state index in [1.807, 2.05) is 43.3 Å². The summed E-state index contributed by atoms with van der Waals surface area (Å²) in [4.78, 5) is 28.9. The van der Waals surface area contributed by atoms with Crippen molar-refractivity contribution in [3.8, 4) is 0 Å². The van der Waals surface area contributed by atoms with Crippen LogP contribution in [0.15, 0.2) is 48.5 Å². The first-order valence-corrected chi connectivity index (χ1v) is 12.1. The fourth-order valence-corrected chi connectivity index (χ4v) is 3.79. The summed E-state index contributed by atoms with van der Waals surface area (Å²) >= 11 is 0. The van der Waals surface area contributed by atoms with Crippen LogP contribution in [0.2, 0.25) is 0 Å². The monoisotopic (exact) mass is 489 g/mol. The zero-order valence-electron chi connectivity index (χ0n) is 21.4. The maximum Gasteiger partial charge on any atom is 0.273 e. The summed E-state index contributed by atoms with van der Waals surface area (Å²) in [6.45, 7) is 10.2. The SMILES string of the molecule is CC(C)(C)c1ccc(C(N)=O)cc1.Cc1cccc(Nc2nc(N3CCCCC3)nnc2C(N)=O)c1. The first kappa shape index (κ1) is 26.6. The normalized spacial score (nSPS) is 13.4. The Balaban J connectivity index is 0.000000236. The van der Waals surface area contributed by atoms with Crippen molar-refractivity contribution in [2.45, 2.75) is 52.4 Å². The number of benzene rings is 2. The second-order valence-electron chi connectivity index (χ2n) is 9.91. The van der Waals surface area contributed by atoms with Gasteiger partial charge >= 0.3 is 0 Å². The van der Waals surface area contributed by atoms with E-state index >= 15 is 0 Å². The van der Waals surface area contributed by atoms with Gasteiger partial charge in [-0.3, -0.25) is 9.59 Å². The molecular weight excluding hydrogens is 454 g/mol. The summed E-state index contributed by atoms with van der Waals surface area (Å²) in [7, 11) is 0. The molecule has 2 amide bonds. The van der Waals surface area contributed by atoms with E-state index in [2.05, 4.69) is 46.2 Å². The summed E-state index contributed by atoms with van der Waals surface area (Å²) in [6.07, 6.45) is 3.45. The number of nitrogens with zero attached hydrogens (tertiary/aromatic N) is 4. The summed E-state index contributed by atoms with van der Waals surface area (Å²) < 4.78 is 0. The van der Waals surface area contributed by atoms with Crippen molar-refractivity contribution < 1.29 is 9.59 Å². The minimum Gasteiger partial charge on any atom is -0.366 e. The number of carbonyl (C=O) groups is 2. The van der Waals surface area contributed by atoms with Crippen LogP contribution in [0.3, 0.4) is 0 Å². The highest BCUT2D eigenvalue weighted by atomic mass is 16.1. The number of aryl methyl sites for hydroxylation is 1. The lowest BCUT2D eigenvalue weighted by molar-refractivity contribution is 0.0989. The number of carbonyl (C=O) groups excluding carboxylic acids is 2. The highest BCUT2D eigenvalue weighted by Crippen LogP contribution is 2.23. The molecular formula is C27H35N7O2. The van der Waals surface area contributed by atoms with Crippen LogP contribution >= 0.6 is 0 Å². The molecule has 2 aromatic carbocycles. The number of rotatable bonds is 5. The fourth-order valence-electron chi connectivity index (χ4n) is 3.79. The molecule has 1 aromatic heterocycles. The number of amides is 2. The van der Waals surface area contributed by atoms with Crippen LogP contribution in [-0.4, -0.2) is 40.1 Å². The van der Waals surface area contributed by atoms with E-state index in [4.69, 9.17) is 11.5 Å². The van der Waals surface area contributed by atoms with Gasteiger partial charge < -0.3 is 21.7 Å². The Bertz CT molecular complexity index is 1200. The average molecular weight is 490 g/mol. The first-order valence-electron chi connectivity index (χ1n) is 12.1. The van der Waals surface area contributed by atoms with Gasteiger partial charge in [-0.1, -0.05) is 45.0 Å². The highest BCUT2D eigenvalue weighted by Gasteiger charge is 2.19. The number of aromatic nitrogens is 3. The minimum absolute atomic E-state index is 0.0484. The molecule has 190 valence electrons. The van der Waals surface area contributed by atoms with Crippen LogP contribution in [0.4, 0.5) is 17.5 Å². The lowest BCUT2D eigenvalue weighted by atomic mass is 9.87. The number of nitrogens with two attached hydrogens (primary N) is 2. The van der Waals surface area contributed by atoms with Gasteiger partial charge in [-0.25, -0.2) is 0 Å². The quantitative estimate of drug-likeness (QED) is 0.490. The van der Waals surface area contributed by atoms with Crippen LogP contribution in [0.5, 0.6) is 0 Å². The van der Waals surface area contributed by atoms with Gasteiger partial charge in [-0.15, -0.1) is 10.2 Å². The van der Waals surface area contributed by atoms with Crippen LogP contribution in [0.1, 0.15) is 72.0 Å². The van der Waals surface area contributed by atoms with Crippen molar-refractivity contribution in [2.75, 3.05) is 23.3 Å². The van der Waals surface area contributed by atoms with Gasteiger partial charge in [0.2, 0.25) is 11.9 Å². The third kappa shape index (κ3) is 7.24. The Labute approximate surface area is 212 Å². The van der Waals surface area contributed by atoms with Crippen LogP contribution in [0.25, 0.3) is 0 Å². The van der Waals surface area contributed by atoms with E-state index in [9.17, 15) is 9.59 Å². The Morgan fingerprint density at radius 1 is 0.917 bits per heavy atom. The van der Waals surface area contributed by atoms with Crippen molar-refractivity contribution >= 4 is 29.3 Å². The van der Waals surface area contributed by atoms with E-state index in [1.54, 1.807) is 12.1 Å². The van der Waals surface area contributed by atoms with Gasteiger partial charge in [0.25, 0.3) is 5.91 Å². The molecule has 0 bridgehead atoms. The second-order valence-corrected chi connectivity index (χ2v) is 9.91. The number of piperidine rings is 1. The van der Waals surface area contributed by atoms with Crippen molar-refractivity contribution in [1.29, 1.82) is 0 Å². The maximum absolute atomic E-state index is 11.6. The van der Waals surface area contributed by atoms with Gasteiger partial charge in [0.15, 0.2) is 11.5 Å². The minimum atomic E-state index is -0.648. The molecule has 0 atom stereocenters. The molecule has 36 heavy (non-hydrogen) atoms. The molecule has 9 nitrogen and oxygen atoms in total. The third-order valence-corrected chi connectivity index (χ3v) is 5.86. The lowest BCUT2D eigenvalue weighted by Crippen LogP contribution is -2.32. The predicted octanol–water partition coefficient (Wildman–Crippen LogP) is 4.10. The van der Waals surface area contributed by atoms with Crippen LogP contribution < -0.4 is 21.7 Å². The van der Waals surface area contributed by atoms with Gasteiger partial charge in [0.05, 0.1) is 0 Å². The number of primary amides is 2. The van der Waals surface area contributed by atoms with Gasteiger partial charge in [-0.2, -0.15) is 4.98 Å². The Kier molecular flexibility index (Phi) is 8.58. The van der Waals surface area contributed by atoms with E-state index in [0.717, 1.165) is 37.2 Å². The smallest absolute Gasteiger partial charge is 0.273 e. The average Bonchev–Trinajstić information content (AvgIpc) is 2.84. The van der Waals surface area contributed by atoms with Crippen molar-refractivity contribution in [1.82, 2.24) is 15.2 Å². The molecule has 0 saturated carbocycles. The zero-order chi connectivity index (χ0) is 26.3. The molecule has 1 aliphatic heterocycles. The highest BCUT2D eigenvalue weighted by molar-refractivity contribution is 5.96. The van der Waals surface area contributed by atoms with Gasteiger partial charge in [0.1, 0.15) is 0 Å². The Hall–Kier alpha value is -4.01. The third-order valence-electron chi connectivity index (χ3n) is 5.86. The molecule has 9 heteroatoms. The predicted molar refractivity (Wildman–Crippen MR) is 143 cm³/mol. The number of anilines is 3. The molecule has 1 fully saturated rings.